The van der Waals surface area contributed by atoms with E-state index in [4.69, 9.17) is 0 Å². The second-order valence-corrected chi connectivity index (χ2v) is 2.41. The predicted molar refractivity (Wildman–Crippen MR) is 46.0 cm³/mol. The van der Waals surface area contributed by atoms with Gasteiger partial charge in [0.1, 0.15) is 0 Å². The Morgan fingerprint density at radius 1 is 1.10 bits per heavy atom. The van der Waals surface area contributed by atoms with Crippen LogP contribution in [0, 0.1) is 6.92 Å². The summed E-state index contributed by atoms with van der Waals surface area (Å²) in [5.41, 5.74) is 0. The van der Waals surface area contributed by atoms with Crippen molar-refractivity contribution >= 4 is 0 Å². The summed E-state index contributed by atoms with van der Waals surface area (Å²) in [7, 11) is 1.97. The van der Waals surface area contributed by atoms with Crippen molar-refractivity contribution < 1.29 is 0 Å². The number of unbranched alkanes of at least 4 members (excludes halogenated alkanes) is 2. The Balaban J connectivity index is 2.65. The Morgan fingerprint density at radius 3 is 2.50 bits per heavy atom. The van der Waals surface area contributed by atoms with Crippen LogP contribution in [0.15, 0.2) is 0 Å². The first-order valence-corrected chi connectivity index (χ1v) is 4.06. The van der Waals surface area contributed by atoms with Gasteiger partial charge in [0, 0.05) is 13.1 Å². The van der Waals surface area contributed by atoms with Crippen LogP contribution in [0.1, 0.15) is 19.3 Å². The molecule has 0 aromatic carbocycles. The molecule has 0 unspecified atom stereocenters. The molecule has 0 aromatic rings. The van der Waals surface area contributed by atoms with Gasteiger partial charge in [0.25, 0.3) is 0 Å². The first kappa shape index (κ1) is 9.92. The topological polar surface area (TPSA) is 24.1 Å². The summed E-state index contributed by atoms with van der Waals surface area (Å²) in [5, 5.41) is 6.41. The first-order chi connectivity index (χ1) is 4.91. The van der Waals surface area contributed by atoms with Crippen molar-refractivity contribution in [2.24, 2.45) is 0 Å². The van der Waals surface area contributed by atoms with Gasteiger partial charge < -0.3 is 10.6 Å². The van der Waals surface area contributed by atoms with E-state index in [1.165, 1.54) is 12.8 Å². The Kier molecular flexibility index (Phi) is 8.85. The Labute approximate surface area is 64.4 Å². The highest BCUT2D eigenvalue weighted by molar-refractivity contribution is 4.50. The lowest BCUT2D eigenvalue weighted by atomic mass is 10.2. The van der Waals surface area contributed by atoms with Crippen LogP contribution in [0.4, 0.5) is 0 Å². The van der Waals surface area contributed by atoms with Gasteiger partial charge in [-0.15, -0.1) is 0 Å². The number of nitrogens with one attached hydrogen (secondary N) is 2. The third kappa shape index (κ3) is 7.92. The molecule has 0 aromatic heterocycles. The maximum Gasteiger partial charge on any atom is 0.00766 e. The van der Waals surface area contributed by atoms with E-state index < -0.39 is 0 Å². The molecule has 10 heavy (non-hydrogen) atoms. The van der Waals surface area contributed by atoms with E-state index in [9.17, 15) is 0 Å². The number of likely N-dealkylation sites (N-methyl/N-ethyl adjacent to an activating group) is 1. The van der Waals surface area contributed by atoms with Crippen LogP contribution in [0.3, 0.4) is 0 Å². The molecule has 0 aliphatic rings. The smallest absolute Gasteiger partial charge is 0.00766 e. The standard InChI is InChI=1S/C8H19N2/c1-3-4-5-6-10-8-7-9-2/h9-10H,1,3-8H2,2H3. The molecule has 0 amide bonds. The fourth-order valence-corrected chi connectivity index (χ4v) is 0.765. The van der Waals surface area contributed by atoms with Gasteiger partial charge >= 0.3 is 0 Å². The van der Waals surface area contributed by atoms with E-state index in [0.717, 1.165) is 26.1 Å². The summed E-state index contributed by atoms with van der Waals surface area (Å²) in [6.45, 7) is 7.05. The van der Waals surface area contributed by atoms with Gasteiger partial charge in [-0.2, -0.15) is 0 Å². The molecule has 0 spiro atoms. The van der Waals surface area contributed by atoms with E-state index >= 15 is 0 Å². The van der Waals surface area contributed by atoms with Crippen LogP contribution >= 0.6 is 0 Å². The third-order valence-corrected chi connectivity index (χ3v) is 1.41. The molecule has 0 saturated carbocycles. The summed E-state index contributed by atoms with van der Waals surface area (Å²) in [6, 6.07) is 0. The van der Waals surface area contributed by atoms with E-state index in [2.05, 4.69) is 17.6 Å². The lowest BCUT2D eigenvalue weighted by Gasteiger charge is -2.01. The van der Waals surface area contributed by atoms with Crippen LogP contribution in [-0.4, -0.2) is 26.7 Å². The molecule has 1 radical (unpaired) electrons. The van der Waals surface area contributed by atoms with E-state index in [-0.39, 0.29) is 0 Å². The van der Waals surface area contributed by atoms with Gasteiger partial charge in [-0.05, 0) is 20.0 Å². The summed E-state index contributed by atoms with van der Waals surface area (Å²) >= 11 is 0. The molecular formula is C8H19N2. The lowest BCUT2D eigenvalue weighted by Crippen LogP contribution is -2.25. The number of hydrogen-bond donors (Lipinski definition) is 2. The molecule has 0 bridgehead atoms. The summed E-state index contributed by atoms with van der Waals surface area (Å²) in [5.74, 6) is 0. The SMILES string of the molecule is [CH2]CCCCNCCNC. The summed E-state index contributed by atoms with van der Waals surface area (Å²) in [4.78, 5) is 0. The second kappa shape index (κ2) is 8.92. The minimum absolute atomic E-state index is 1.06. The van der Waals surface area contributed by atoms with Crippen molar-refractivity contribution in [2.45, 2.75) is 19.3 Å². The van der Waals surface area contributed by atoms with Crippen molar-refractivity contribution in [2.75, 3.05) is 26.7 Å². The fraction of sp³-hybridized carbons (Fsp3) is 0.875. The highest BCUT2D eigenvalue weighted by Gasteiger charge is 1.85. The van der Waals surface area contributed by atoms with Crippen LogP contribution < -0.4 is 10.6 Å². The molecule has 0 rings (SSSR count). The molecule has 2 N–H and O–H groups in total. The highest BCUT2D eigenvalue weighted by atomic mass is 14.9. The monoisotopic (exact) mass is 143 g/mol. The zero-order valence-electron chi connectivity index (χ0n) is 6.95. The van der Waals surface area contributed by atoms with Crippen LogP contribution in [-0.2, 0) is 0 Å². The molecule has 0 saturated heterocycles. The first-order valence-electron chi connectivity index (χ1n) is 4.06. The Morgan fingerprint density at radius 2 is 1.90 bits per heavy atom. The van der Waals surface area contributed by atoms with E-state index in [0.29, 0.717) is 0 Å². The van der Waals surface area contributed by atoms with E-state index in [1.54, 1.807) is 0 Å². The van der Waals surface area contributed by atoms with Crippen molar-refractivity contribution in [1.29, 1.82) is 0 Å². The van der Waals surface area contributed by atoms with Crippen LogP contribution in [0.2, 0.25) is 0 Å². The van der Waals surface area contributed by atoms with Gasteiger partial charge in [-0.1, -0.05) is 19.8 Å². The lowest BCUT2D eigenvalue weighted by molar-refractivity contribution is 0.609. The summed E-state index contributed by atoms with van der Waals surface area (Å²) in [6.07, 6.45) is 3.56. The second-order valence-electron chi connectivity index (χ2n) is 2.41. The number of hydrogen-bond acceptors (Lipinski definition) is 2. The highest BCUT2D eigenvalue weighted by Crippen LogP contribution is 1.89. The van der Waals surface area contributed by atoms with Crippen molar-refractivity contribution in [3.63, 3.8) is 0 Å². The average Bonchev–Trinajstić information content (AvgIpc) is 1.97. The van der Waals surface area contributed by atoms with Crippen molar-refractivity contribution in [1.82, 2.24) is 10.6 Å². The van der Waals surface area contributed by atoms with Crippen LogP contribution in [0.5, 0.6) is 0 Å². The molecule has 0 aliphatic carbocycles. The molecule has 0 aliphatic heterocycles. The maximum absolute atomic E-state index is 3.78. The molecule has 61 valence electrons. The van der Waals surface area contributed by atoms with E-state index in [1.807, 2.05) is 7.05 Å². The van der Waals surface area contributed by atoms with Gasteiger partial charge in [-0.25, -0.2) is 0 Å². The van der Waals surface area contributed by atoms with Gasteiger partial charge in [0.2, 0.25) is 0 Å². The zero-order valence-corrected chi connectivity index (χ0v) is 6.95. The molecular weight excluding hydrogens is 124 g/mol. The molecule has 0 heterocycles. The molecule has 0 atom stereocenters. The number of rotatable bonds is 7. The normalized spacial score (nSPS) is 10.2. The van der Waals surface area contributed by atoms with Gasteiger partial charge in [-0.3, -0.25) is 0 Å². The van der Waals surface area contributed by atoms with Crippen molar-refractivity contribution in [3.8, 4) is 0 Å². The quantitative estimate of drug-likeness (QED) is 0.515. The minimum Gasteiger partial charge on any atom is -0.318 e. The zero-order chi connectivity index (χ0) is 7.66. The van der Waals surface area contributed by atoms with Crippen molar-refractivity contribution in [3.05, 3.63) is 6.92 Å². The fourth-order valence-electron chi connectivity index (χ4n) is 0.765. The Hall–Kier alpha value is -0.0800. The average molecular weight is 143 g/mol. The molecule has 2 heteroatoms. The van der Waals surface area contributed by atoms with Gasteiger partial charge in [0.05, 0.1) is 0 Å². The van der Waals surface area contributed by atoms with Crippen LogP contribution in [0.25, 0.3) is 0 Å². The largest absolute Gasteiger partial charge is 0.318 e. The molecule has 0 fully saturated rings. The Bertz CT molecular complexity index is 47.2. The predicted octanol–water partition coefficient (Wildman–Crippen LogP) is 0.800. The van der Waals surface area contributed by atoms with Gasteiger partial charge in [0.15, 0.2) is 0 Å². The molecule has 2 nitrogen and oxygen atoms in total. The minimum atomic E-state index is 1.06. The third-order valence-electron chi connectivity index (χ3n) is 1.41. The maximum atomic E-state index is 3.78. The summed E-state index contributed by atoms with van der Waals surface area (Å²) < 4.78 is 0.